The summed E-state index contributed by atoms with van der Waals surface area (Å²) in [6.07, 6.45) is 15.7. The highest BCUT2D eigenvalue weighted by Gasteiger charge is 2.35. The SMILES string of the molecule is CCCCCCCCCCCCN1C(=O)c2cccc3c(N(Cc4ccccn4)Cc4ccccn4)c4ccccc4c(c23)C1=O. The summed E-state index contributed by atoms with van der Waals surface area (Å²) in [4.78, 5) is 41.3. The van der Waals surface area contributed by atoms with Gasteiger partial charge in [0, 0.05) is 40.7 Å². The van der Waals surface area contributed by atoms with Crippen molar-refractivity contribution in [1.29, 1.82) is 0 Å². The minimum absolute atomic E-state index is 0.187. The molecule has 1 aliphatic rings. The second-order valence-electron chi connectivity index (χ2n) is 12.4. The second kappa shape index (κ2) is 15.1. The van der Waals surface area contributed by atoms with E-state index in [0.717, 1.165) is 57.9 Å². The van der Waals surface area contributed by atoms with Crippen LogP contribution in [0.5, 0.6) is 0 Å². The fraction of sp³-hybridized carbons (Fsp3) is 0.350. The number of aromatic nitrogens is 2. The van der Waals surface area contributed by atoms with Crippen LogP contribution in [0.25, 0.3) is 21.5 Å². The Hall–Kier alpha value is -4.58. The average molecular weight is 613 g/mol. The third-order valence-corrected chi connectivity index (χ3v) is 9.17. The standard InChI is InChI=1S/C40H44N4O2/c1-2-3-4-5-6-7-8-9-10-17-27-44-39(45)35-24-18-23-34-36(35)37(40(44)46)32-21-11-12-22-33(32)38(34)43(28-30-19-13-15-25-41-30)29-31-20-14-16-26-42-31/h11-16,18-26H,2-10,17,27-29H2,1H3. The Morgan fingerprint density at radius 1 is 0.587 bits per heavy atom. The molecule has 0 unspecified atom stereocenters. The molecular formula is C40H44N4O2. The molecule has 2 aromatic heterocycles. The van der Waals surface area contributed by atoms with Crippen LogP contribution >= 0.6 is 0 Å². The van der Waals surface area contributed by atoms with Gasteiger partial charge < -0.3 is 4.90 Å². The molecule has 6 nitrogen and oxygen atoms in total. The molecule has 0 saturated carbocycles. The Bertz CT molecular complexity index is 1750. The highest BCUT2D eigenvalue weighted by atomic mass is 16.2. The lowest BCUT2D eigenvalue weighted by Crippen LogP contribution is -2.41. The predicted molar refractivity (Wildman–Crippen MR) is 187 cm³/mol. The van der Waals surface area contributed by atoms with Gasteiger partial charge in [-0.05, 0) is 42.1 Å². The van der Waals surface area contributed by atoms with Crippen LogP contribution in [-0.2, 0) is 13.1 Å². The van der Waals surface area contributed by atoms with E-state index in [4.69, 9.17) is 0 Å². The van der Waals surface area contributed by atoms with E-state index in [1.165, 1.54) is 49.8 Å². The molecule has 0 N–H and O–H groups in total. The number of carbonyl (C=O) groups is 2. The number of pyridine rings is 2. The van der Waals surface area contributed by atoms with Gasteiger partial charge >= 0.3 is 0 Å². The molecule has 0 spiro atoms. The van der Waals surface area contributed by atoms with E-state index in [9.17, 15) is 9.59 Å². The van der Waals surface area contributed by atoms with Crippen molar-refractivity contribution in [3.05, 3.63) is 114 Å². The third kappa shape index (κ3) is 6.81. The number of imide groups is 1. The molecule has 46 heavy (non-hydrogen) atoms. The van der Waals surface area contributed by atoms with E-state index >= 15 is 0 Å². The van der Waals surface area contributed by atoms with Crippen molar-refractivity contribution in [2.24, 2.45) is 0 Å². The van der Waals surface area contributed by atoms with Gasteiger partial charge in [0.1, 0.15) is 0 Å². The monoisotopic (exact) mass is 612 g/mol. The summed E-state index contributed by atoms with van der Waals surface area (Å²) < 4.78 is 0. The van der Waals surface area contributed by atoms with Crippen LogP contribution in [-0.4, -0.2) is 33.2 Å². The Morgan fingerprint density at radius 2 is 1.15 bits per heavy atom. The lowest BCUT2D eigenvalue weighted by Gasteiger charge is -2.32. The van der Waals surface area contributed by atoms with Gasteiger partial charge in [0.15, 0.2) is 0 Å². The first-order chi connectivity index (χ1) is 22.7. The highest BCUT2D eigenvalue weighted by Crippen LogP contribution is 2.43. The summed E-state index contributed by atoms with van der Waals surface area (Å²) in [6, 6.07) is 25.9. The van der Waals surface area contributed by atoms with Crippen LogP contribution in [0.15, 0.2) is 91.3 Å². The first kappa shape index (κ1) is 31.4. The number of hydrogen-bond donors (Lipinski definition) is 0. The number of amides is 2. The summed E-state index contributed by atoms with van der Waals surface area (Å²) in [5.74, 6) is -0.380. The summed E-state index contributed by atoms with van der Waals surface area (Å²) in [5, 5.41) is 3.50. The number of nitrogens with zero attached hydrogens (tertiary/aromatic N) is 4. The zero-order valence-electron chi connectivity index (χ0n) is 27.0. The molecule has 0 radical (unpaired) electrons. The van der Waals surface area contributed by atoms with E-state index in [1.807, 2.05) is 85.2 Å². The van der Waals surface area contributed by atoms with E-state index in [1.54, 1.807) is 0 Å². The number of fused-ring (bicyclic) bond motifs is 2. The predicted octanol–water partition coefficient (Wildman–Crippen LogP) is 9.51. The van der Waals surface area contributed by atoms with E-state index in [0.29, 0.717) is 30.8 Å². The summed E-state index contributed by atoms with van der Waals surface area (Å²) in [6.45, 7) is 3.80. The highest BCUT2D eigenvalue weighted by molar-refractivity contribution is 6.33. The molecule has 6 rings (SSSR count). The lowest BCUT2D eigenvalue weighted by molar-refractivity contribution is 0.0609. The number of unbranched alkanes of at least 4 members (excludes halogenated alkanes) is 9. The van der Waals surface area contributed by atoms with Crippen molar-refractivity contribution < 1.29 is 9.59 Å². The van der Waals surface area contributed by atoms with Crippen molar-refractivity contribution in [1.82, 2.24) is 14.9 Å². The molecule has 2 amide bonds. The normalized spacial score (nSPS) is 12.8. The maximum absolute atomic E-state index is 14.3. The van der Waals surface area contributed by atoms with E-state index in [2.05, 4.69) is 27.9 Å². The average Bonchev–Trinajstić information content (AvgIpc) is 3.09. The number of rotatable bonds is 16. The maximum Gasteiger partial charge on any atom is 0.262 e. The lowest BCUT2D eigenvalue weighted by atomic mass is 9.87. The molecule has 3 aromatic carbocycles. The van der Waals surface area contributed by atoms with Gasteiger partial charge in [0.25, 0.3) is 11.8 Å². The molecule has 236 valence electrons. The Balaban J connectivity index is 1.32. The second-order valence-corrected chi connectivity index (χ2v) is 12.4. The van der Waals surface area contributed by atoms with Crippen molar-refractivity contribution in [2.45, 2.75) is 84.2 Å². The molecule has 0 fully saturated rings. The molecule has 0 saturated heterocycles. The van der Waals surface area contributed by atoms with Crippen molar-refractivity contribution in [2.75, 3.05) is 11.4 Å². The minimum Gasteiger partial charge on any atom is -0.359 e. The quantitative estimate of drug-likeness (QED) is 0.0631. The van der Waals surface area contributed by atoms with Crippen LogP contribution in [0.1, 0.15) is 103 Å². The van der Waals surface area contributed by atoms with Gasteiger partial charge in [0.05, 0.1) is 35.7 Å². The van der Waals surface area contributed by atoms with Gasteiger partial charge in [0.2, 0.25) is 0 Å². The Labute approximate surface area is 272 Å². The smallest absolute Gasteiger partial charge is 0.262 e. The van der Waals surface area contributed by atoms with E-state index < -0.39 is 0 Å². The third-order valence-electron chi connectivity index (χ3n) is 9.17. The van der Waals surface area contributed by atoms with Crippen molar-refractivity contribution >= 4 is 39.0 Å². The van der Waals surface area contributed by atoms with Crippen LogP contribution in [0.2, 0.25) is 0 Å². The number of hydrogen-bond acceptors (Lipinski definition) is 5. The molecule has 0 atom stereocenters. The van der Waals surface area contributed by atoms with Crippen LogP contribution in [0.3, 0.4) is 0 Å². The van der Waals surface area contributed by atoms with Gasteiger partial charge in [-0.15, -0.1) is 0 Å². The Kier molecular flexibility index (Phi) is 10.3. The zero-order valence-corrected chi connectivity index (χ0v) is 27.0. The van der Waals surface area contributed by atoms with Crippen LogP contribution in [0.4, 0.5) is 5.69 Å². The van der Waals surface area contributed by atoms with E-state index in [-0.39, 0.29) is 11.8 Å². The van der Waals surface area contributed by atoms with Crippen molar-refractivity contribution in [3.8, 4) is 0 Å². The summed E-state index contributed by atoms with van der Waals surface area (Å²) >= 11 is 0. The first-order valence-corrected chi connectivity index (χ1v) is 17.1. The topological polar surface area (TPSA) is 66.4 Å². The Morgan fingerprint density at radius 3 is 1.76 bits per heavy atom. The molecule has 5 aromatic rings. The molecule has 1 aliphatic heterocycles. The summed E-state index contributed by atoms with van der Waals surface area (Å²) in [7, 11) is 0. The first-order valence-electron chi connectivity index (χ1n) is 17.1. The van der Waals surface area contributed by atoms with Crippen molar-refractivity contribution in [3.63, 3.8) is 0 Å². The number of benzene rings is 3. The number of carbonyl (C=O) groups excluding carboxylic acids is 2. The van der Waals surface area contributed by atoms with Gasteiger partial charge in [-0.3, -0.25) is 24.5 Å². The molecular weight excluding hydrogens is 568 g/mol. The fourth-order valence-electron chi connectivity index (χ4n) is 6.87. The minimum atomic E-state index is -0.193. The zero-order chi connectivity index (χ0) is 31.7. The van der Waals surface area contributed by atoms with Crippen LogP contribution in [0, 0.1) is 0 Å². The maximum atomic E-state index is 14.3. The molecule has 0 bridgehead atoms. The molecule has 6 heteroatoms. The van der Waals surface area contributed by atoms with Gasteiger partial charge in [-0.2, -0.15) is 0 Å². The van der Waals surface area contributed by atoms with Gasteiger partial charge in [-0.1, -0.05) is 113 Å². The summed E-state index contributed by atoms with van der Waals surface area (Å²) in [5.41, 5.74) is 4.07. The molecule has 3 heterocycles. The largest absolute Gasteiger partial charge is 0.359 e. The van der Waals surface area contributed by atoms with Gasteiger partial charge in [-0.25, -0.2) is 0 Å². The fourth-order valence-corrected chi connectivity index (χ4v) is 6.87. The molecule has 0 aliphatic carbocycles. The van der Waals surface area contributed by atoms with Crippen LogP contribution < -0.4 is 4.90 Å². The number of anilines is 1.